The molecule has 2 amide bonds. The number of carbonyl (C=O) groups is 3. The van der Waals surface area contributed by atoms with Crippen LogP contribution in [0.3, 0.4) is 0 Å². The first kappa shape index (κ1) is 21.6. The topological polar surface area (TPSA) is 75.7 Å². The maximum absolute atomic E-state index is 12.6. The predicted octanol–water partition coefficient (Wildman–Crippen LogP) is 4.54. The van der Waals surface area contributed by atoms with Crippen LogP contribution in [0.1, 0.15) is 20.0 Å². The lowest BCUT2D eigenvalue weighted by molar-refractivity contribution is -0.119. The quantitative estimate of drug-likeness (QED) is 0.431. The summed E-state index contributed by atoms with van der Waals surface area (Å²) in [5.74, 6) is -1.34. The normalized spacial score (nSPS) is 10.3. The van der Waals surface area contributed by atoms with Gasteiger partial charge in [-0.3, -0.25) is 9.59 Å². The number of hydrogen-bond donors (Lipinski definition) is 1. The van der Waals surface area contributed by atoms with Gasteiger partial charge in [0.15, 0.2) is 6.61 Å². The second-order valence-electron chi connectivity index (χ2n) is 6.21. The van der Waals surface area contributed by atoms with Crippen LogP contribution in [0.2, 0.25) is 0 Å². The van der Waals surface area contributed by atoms with Crippen molar-refractivity contribution in [1.82, 2.24) is 0 Å². The van der Waals surface area contributed by atoms with E-state index >= 15 is 0 Å². The molecule has 0 saturated heterocycles. The maximum atomic E-state index is 12.6. The molecule has 0 bridgehead atoms. The van der Waals surface area contributed by atoms with E-state index in [1.807, 2.05) is 29.8 Å². The fourth-order valence-electron chi connectivity index (χ4n) is 2.72. The third-order valence-corrected chi connectivity index (χ3v) is 5.79. The number of thiophene rings is 1. The molecular formula is C22H20N2O4S2. The van der Waals surface area contributed by atoms with Gasteiger partial charge in [0.1, 0.15) is 0 Å². The van der Waals surface area contributed by atoms with Gasteiger partial charge >= 0.3 is 5.97 Å². The Hall–Kier alpha value is -3.10. The number of nitrogens with zero attached hydrogens (tertiary/aromatic N) is 1. The molecule has 1 aromatic heterocycles. The molecule has 0 fully saturated rings. The molecule has 0 radical (unpaired) electrons. The molecule has 8 heteroatoms. The monoisotopic (exact) mass is 440 g/mol. The summed E-state index contributed by atoms with van der Waals surface area (Å²) >= 11 is 2.89. The number of ether oxygens (including phenoxy) is 1. The van der Waals surface area contributed by atoms with Crippen LogP contribution in [0.5, 0.6) is 0 Å². The third-order valence-electron chi connectivity index (χ3n) is 4.21. The number of anilines is 2. The second-order valence-corrected chi connectivity index (χ2v) is 8.04. The zero-order chi connectivity index (χ0) is 21.5. The lowest BCUT2D eigenvalue weighted by atomic mass is 10.1. The van der Waals surface area contributed by atoms with Gasteiger partial charge in [0.05, 0.1) is 16.1 Å². The van der Waals surface area contributed by atoms with Crippen molar-refractivity contribution >= 4 is 52.3 Å². The van der Waals surface area contributed by atoms with E-state index in [1.54, 1.807) is 61.3 Å². The standard InChI is InChI=1S/C22H20N2O4S2/c1-24(21(26)19-11-6-12-30-19)18-10-4-3-9-17(18)22(27)28-14-20(25)23-15-7-5-8-16(13-15)29-2/h3-13H,14H2,1-2H3,(H,23,25). The van der Waals surface area contributed by atoms with Crippen LogP contribution in [-0.2, 0) is 9.53 Å². The van der Waals surface area contributed by atoms with Crippen molar-refractivity contribution in [1.29, 1.82) is 0 Å². The van der Waals surface area contributed by atoms with E-state index in [1.165, 1.54) is 16.2 Å². The number of thioether (sulfide) groups is 1. The molecule has 0 aliphatic heterocycles. The average Bonchev–Trinajstić information content (AvgIpc) is 3.31. The van der Waals surface area contributed by atoms with Crippen LogP contribution in [0, 0.1) is 0 Å². The van der Waals surface area contributed by atoms with Gasteiger partial charge in [0.25, 0.3) is 11.8 Å². The lowest BCUT2D eigenvalue weighted by Gasteiger charge is -2.19. The summed E-state index contributed by atoms with van der Waals surface area (Å²) in [4.78, 5) is 40.4. The fraction of sp³-hybridized carbons (Fsp3) is 0.136. The Morgan fingerprint density at radius 1 is 1.07 bits per heavy atom. The van der Waals surface area contributed by atoms with E-state index < -0.39 is 18.5 Å². The number of esters is 1. The zero-order valence-electron chi connectivity index (χ0n) is 16.5. The van der Waals surface area contributed by atoms with E-state index in [0.29, 0.717) is 16.3 Å². The molecule has 6 nitrogen and oxygen atoms in total. The van der Waals surface area contributed by atoms with E-state index in [4.69, 9.17) is 4.74 Å². The first-order chi connectivity index (χ1) is 14.5. The number of para-hydroxylation sites is 1. The molecule has 0 aliphatic rings. The molecule has 154 valence electrons. The van der Waals surface area contributed by atoms with Gasteiger partial charge < -0.3 is 15.0 Å². The molecule has 2 aromatic carbocycles. The van der Waals surface area contributed by atoms with Crippen LogP contribution in [0.15, 0.2) is 70.9 Å². The van der Waals surface area contributed by atoms with Crippen molar-refractivity contribution in [3.63, 3.8) is 0 Å². The largest absolute Gasteiger partial charge is 0.452 e. The molecule has 0 unspecified atom stereocenters. The number of amides is 2. The first-order valence-corrected chi connectivity index (χ1v) is 11.1. The minimum absolute atomic E-state index is 0.210. The predicted molar refractivity (Wildman–Crippen MR) is 121 cm³/mol. The number of rotatable bonds is 7. The van der Waals surface area contributed by atoms with Crippen LogP contribution in [0.25, 0.3) is 0 Å². The highest BCUT2D eigenvalue weighted by Gasteiger charge is 2.21. The molecule has 0 atom stereocenters. The van der Waals surface area contributed by atoms with Crippen LogP contribution in [-0.4, -0.2) is 37.7 Å². The molecule has 0 spiro atoms. The number of nitrogens with one attached hydrogen (secondary N) is 1. The lowest BCUT2D eigenvalue weighted by Crippen LogP contribution is -2.28. The summed E-state index contributed by atoms with van der Waals surface area (Å²) in [6.45, 7) is -0.431. The highest BCUT2D eigenvalue weighted by atomic mass is 32.2. The van der Waals surface area contributed by atoms with Gasteiger partial charge in [-0.05, 0) is 48.0 Å². The molecule has 3 aromatic rings. The van der Waals surface area contributed by atoms with E-state index in [0.717, 1.165) is 4.90 Å². The van der Waals surface area contributed by atoms with Crippen molar-refractivity contribution in [2.45, 2.75) is 4.90 Å². The van der Waals surface area contributed by atoms with Crippen molar-refractivity contribution in [2.75, 3.05) is 30.1 Å². The van der Waals surface area contributed by atoms with Crippen molar-refractivity contribution < 1.29 is 19.1 Å². The van der Waals surface area contributed by atoms with E-state index in [2.05, 4.69) is 5.32 Å². The summed E-state index contributed by atoms with van der Waals surface area (Å²) < 4.78 is 5.19. The summed E-state index contributed by atoms with van der Waals surface area (Å²) in [7, 11) is 1.60. The maximum Gasteiger partial charge on any atom is 0.340 e. The fourth-order valence-corrected chi connectivity index (χ4v) is 3.88. The van der Waals surface area contributed by atoms with E-state index in [9.17, 15) is 14.4 Å². The highest BCUT2D eigenvalue weighted by molar-refractivity contribution is 7.98. The number of carbonyl (C=O) groups excluding carboxylic acids is 3. The van der Waals surface area contributed by atoms with Gasteiger partial charge in [0.2, 0.25) is 0 Å². The van der Waals surface area contributed by atoms with Gasteiger partial charge in [-0.2, -0.15) is 0 Å². The Kier molecular flexibility index (Phi) is 7.26. The summed E-state index contributed by atoms with van der Waals surface area (Å²) in [5.41, 5.74) is 1.25. The molecule has 0 saturated carbocycles. The Morgan fingerprint density at radius 3 is 2.60 bits per heavy atom. The summed E-state index contributed by atoms with van der Waals surface area (Å²) in [6.07, 6.45) is 1.94. The first-order valence-electron chi connectivity index (χ1n) is 9.01. The van der Waals surface area contributed by atoms with Crippen LogP contribution < -0.4 is 10.2 Å². The molecule has 1 heterocycles. The molecule has 0 aliphatic carbocycles. The minimum atomic E-state index is -0.676. The molecule has 30 heavy (non-hydrogen) atoms. The Bertz CT molecular complexity index is 1050. The summed E-state index contributed by atoms with van der Waals surface area (Å²) in [5, 5.41) is 4.52. The van der Waals surface area contributed by atoms with Crippen molar-refractivity contribution in [3.05, 3.63) is 76.5 Å². The zero-order valence-corrected chi connectivity index (χ0v) is 18.1. The smallest absolute Gasteiger partial charge is 0.340 e. The number of benzene rings is 2. The Morgan fingerprint density at radius 2 is 1.87 bits per heavy atom. The highest BCUT2D eigenvalue weighted by Crippen LogP contribution is 2.23. The molecule has 1 N–H and O–H groups in total. The Labute approximate surface area is 182 Å². The third kappa shape index (κ3) is 5.28. The van der Waals surface area contributed by atoms with Gasteiger partial charge in [-0.25, -0.2) is 4.79 Å². The minimum Gasteiger partial charge on any atom is -0.452 e. The van der Waals surface area contributed by atoms with Gasteiger partial charge in [-0.15, -0.1) is 23.1 Å². The summed E-state index contributed by atoms with van der Waals surface area (Å²) in [6, 6.07) is 17.5. The average molecular weight is 441 g/mol. The van der Waals surface area contributed by atoms with Gasteiger partial charge in [0, 0.05) is 17.6 Å². The molecular weight excluding hydrogens is 420 g/mol. The second kappa shape index (κ2) is 10.1. The van der Waals surface area contributed by atoms with Crippen molar-refractivity contribution in [3.8, 4) is 0 Å². The van der Waals surface area contributed by atoms with Crippen LogP contribution >= 0.6 is 23.1 Å². The van der Waals surface area contributed by atoms with Gasteiger partial charge in [-0.1, -0.05) is 24.3 Å². The molecule has 3 rings (SSSR count). The SMILES string of the molecule is CSc1cccc(NC(=O)COC(=O)c2ccccc2N(C)C(=O)c2cccs2)c1. The van der Waals surface area contributed by atoms with Crippen molar-refractivity contribution in [2.24, 2.45) is 0 Å². The Balaban J connectivity index is 1.65. The number of hydrogen-bond acceptors (Lipinski definition) is 6. The van der Waals surface area contributed by atoms with E-state index in [-0.39, 0.29) is 11.5 Å². The van der Waals surface area contributed by atoms with Crippen LogP contribution in [0.4, 0.5) is 11.4 Å².